The molecule has 0 radical (unpaired) electrons. The summed E-state index contributed by atoms with van der Waals surface area (Å²) in [5, 5.41) is 11.2. The van der Waals surface area contributed by atoms with E-state index in [4.69, 9.17) is 0 Å². The minimum Gasteiger partial charge on any atom is -0.548 e. The van der Waals surface area contributed by atoms with Crippen molar-refractivity contribution in [3.05, 3.63) is 16.0 Å². The highest BCUT2D eigenvalue weighted by molar-refractivity contribution is 7.98. The lowest BCUT2D eigenvalue weighted by Gasteiger charge is -2.19. The number of aliphatic carboxylic acids is 1. The molecule has 0 saturated carbocycles. The molecule has 146 valence electrons. The Hall–Kier alpha value is -1.63. The zero-order chi connectivity index (χ0) is 20.1. The number of ether oxygens (including phenoxy) is 2. The lowest BCUT2D eigenvalue weighted by Crippen LogP contribution is -2.48. The van der Waals surface area contributed by atoms with Gasteiger partial charge in [0.2, 0.25) is 0 Å². The van der Waals surface area contributed by atoms with E-state index in [0.717, 1.165) is 14.2 Å². The maximum Gasteiger partial charge on any atom is 0.348 e. The van der Waals surface area contributed by atoms with Crippen LogP contribution in [0.25, 0.3) is 0 Å². The van der Waals surface area contributed by atoms with Crippen molar-refractivity contribution in [1.82, 2.24) is 4.72 Å². The summed E-state index contributed by atoms with van der Waals surface area (Å²) in [5.74, 6) is -3.01. The Morgan fingerprint density at radius 1 is 1.23 bits per heavy atom. The maximum absolute atomic E-state index is 12.7. The number of thioether (sulfide) groups is 1. The second-order valence-corrected chi connectivity index (χ2v) is 8.89. The molecule has 1 aromatic heterocycles. The molecule has 0 aliphatic rings. The highest BCUT2D eigenvalue weighted by Crippen LogP contribution is 2.33. The highest BCUT2D eigenvalue weighted by atomic mass is 32.2. The number of carbonyl (C=O) groups excluding carboxylic acids is 3. The molecule has 0 aromatic carbocycles. The number of carboxylic acid groups (broad SMARTS) is 1. The van der Waals surface area contributed by atoms with Gasteiger partial charge in [-0.1, -0.05) is 0 Å². The zero-order valence-corrected chi connectivity index (χ0v) is 16.9. The lowest BCUT2D eigenvalue weighted by atomic mass is 10.2. The summed E-state index contributed by atoms with van der Waals surface area (Å²) >= 11 is 1.84. The maximum atomic E-state index is 12.7. The second kappa shape index (κ2) is 9.35. The van der Waals surface area contributed by atoms with E-state index in [2.05, 4.69) is 9.47 Å². The van der Waals surface area contributed by atoms with Crippen LogP contribution < -0.4 is 9.83 Å². The van der Waals surface area contributed by atoms with E-state index in [1.807, 2.05) is 4.72 Å². The molecule has 1 aromatic rings. The van der Waals surface area contributed by atoms with Crippen LogP contribution in [0.3, 0.4) is 0 Å². The van der Waals surface area contributed by atoms with Crippen LogP contribution in [0.15, 0.2) is 4.21 Å². The fourth-order valence-corrected chi connectivity index (χ4v) is 5.45. The molecule has 0 fully saturated rings. The molecule has 0 aliphatic carbocycles. The van der Waals surface area contributed by atoms with Crippen molar-refractivity contribution in [2.45, 2.75) is 23.6 Å². The summed E-state index contributed by atoms with van der Waals surface area (Å²) in [6.45, 7) is 1.37. The molecule has 1 atom stereocenters. The molecule has 1 rings (SSSR count). The van der Waals surface area contributed by atoms with Crippen molar-refractivity contribution in [2.75, 3.05) is 26.2 Å². The molecule has 12 heteroatoms. The van der Waals surface area contributed by atoms with Gasteiger partial charge in [-0.3, -0.25) is 0 Å². The predicted molar refractivity (Wildman–Crippen MR) is 93.9 cm³/mol. The van der Waals surface area contributed by atoms with Gasteiger partial charge in [0.05, 0.1) is 31.8 Å². The minimum atomic E-state index is -4.43. The second-order valence-electron chi connectivity index (χ2n) is 4.98. The standard InChI is InChI=1S/C14H19NO8S3/c1-7-9(12(18)22-2)14(25-10(7)13(19)23-3)26(20,21)15-8(11(16)17)5-6-24-4/h8,15H,5-6H2,1-4H3,(H,16,17)/p-1/t8-/m1/s1. The van der Waals surface area contributed by atoms with Crippen LogP contribution in [0.5, 0.6) is 0 Å². The Kier molecular flexibility index (Phi) is 8.06. The average molecular weight is 424 g/mol. The topological polar surface area (TPSA) is 139 Å². The van der Waals surface area contributed by atoms with Gasteiger partial charge in [0.25, 0.3) is 10.0 Å². The molecular weight excluding hydrogens is 406 g/mol. The first-order valence-corrected chi connectivity index (χ1v) is 10.8. The number of sulfonamides is 1. The fourth-order valence-electron chi connectivity index (χ4n) is 2.00. The van der Waals surface area contributed by atoms with Gasteiger partial charge < -0.3 is 19.4 Å². The Morgan fingerprint density at radius 2 is 1.81 bits per heavy atom. The summed E-state index contributed by atoms with van der Waals surface area (Å²) in [7, 11) is -2.26. The number of nitrogens with one attached hydrogen (secondary N) is 1. The van der Waals surface area contributed by atoms with Crippen molar-refractivity contribution in [1.29, 1.82) is 0 Å². The third kappa shape index (κ3) is 4.96. The van der Waals surface area contributed by atoms with Crippen molar-refractivity contribution < 1.29 is 37.4 Å². The number of rotatable bonds is 9. The van der Waals surface area contributed by atoms with Gasteiger partial charge in [-0.15, -0.1) is 11.3 Å². The van der Waals surface area contributed by atoms with Crippen molar-refractivity contribution >= 4 is 51.0 Å². The van der Waals surface area contributed by atoms with Crippen LogP contribution in [0.1, 0.15) is 32.0 Å². The molecule has 0 bridgehead atoms. The van der Waals surface area contributed by atoms with E-state index in [-0.39, 0.29) is 22.4 Å². The van der Waals surface area contributed by atoms with Crippen LogP contribution in [0.2, 0.25) is 0 Å². The molecule has 26 heavy (non-hydrogen) atoms. The highest BCUT2D eigenvalue weighted by Gasteiger charge is 2.33. The largest absolute Gasteiger partial charge is 0.548 e. The van der Waals surface area contributed by atoms with Crippen LogP contribution in [0.4, 0.5) is 0 Å². The van der Waals surface area contributed by atoms with Crippen LogP contribution in [-0.4, -0.2) is 58.6 Å². The summed E-state index contributed by atoms with van der Waals surface area (Å²) < 4.78 is 36.0. The van der Waals surface area contributed by atoms with E-state index in [9.17, 15) is 27.9 Å². The van der Waals surface area contributed by atoms with E-state index >= 15 is 0 Å². The Bertz CT molecular complexity index is 799. The minimum absolute atomic E-state index is 0.00942. The van der Waals surface area contributed by atoms with Gasteiger partial charge in [0.15, 0.2) is 4.21 Å². The number of methoxy groups -OCH3 is 2. The molecule has 1 N–H and O–H groups in total. The molecule has 0 unspecified atom stereocenters. The van der Waals surface area contributed by atoms with Gasteiger partial charge in [-0.2, -0.15) is 11.8 Å². The fraction of sp³-hybridized carbons (Fsp3) is 0.500. The first-order chi connectivity index (χ1) is 12.1. The van der Waals surface area contributed by atoms with Crippen LogP contribution >= 0.6 is 23.1 Å². The third-order valence-electron chi connectivity index (χ3n) is 3.31. The summed E-state index contributed by atoms with van der Waals surface area (Å²) in [6.07, 6.45) is 1.73. The molecule has 0 amide bonds. The van der Waals surface area contributed by atoms with Crippen molar-refractivity contribution in [2.24, 2.45) is 0 Å². The van der Waals surface area contributed by atoms with Gasteiger partial charge in [0, 0.05) is 0 Å². The molecule has 9 nitrogen and oxygen atoms in total. The van der Waals surface area contributed by atoms with Gasteiger partial charge in [-0.05, 0) is 30.9 Å². The Labute approximate surface area is 159 Å². The van der Waals surface area contributed by atoms with Gasteiger partial charge in [-0.25, -0.2) is 22.7 Å². The summed E-state index contributed by atoms with van der Waals surface area (Å²) in [5.41, 5.74) is -0.268. The number of esters is 2. The quantitative estimate of drug-likeness (QED) is 0.533. The van der Waals surface area contributed by atoms with Crippen LogP contribution in [-0.2, 0) is 24.3 Å². The lowest BCUT2D eigenvalue weighted by molar-refractivity contribution is -0.308. The number of hydrogen-bond donors (Lipinski definition) is 1. The molecular formula is C14H18NO8S3-. The molecule has 0 saturated heterocycles. The Balaban J connectivity index is 3.44. The average Bonchev–Trinajstić information content (AvgIpc) is 2.95. The first-order valence-electron chi connectivity index (χ1n) is 7.12. The molecule has 0 spiro atoms. The summed E-state index contributed by atoms with van der Waals surface area (Å²) in [6, 6.07) is -1.48. The van der Waals surface area contributed by atoms with E-state index in [1.54, 1.807) is 6.26 Å². The van der Waals surface area contributed by atoms with E-state index < -0.39 is 38.2 Å². The first kappa shape index (κ1) is 22.4. The number of hydrogen-bond acceptors (Lipinski definition) is 10. The van der Waals surface area contributed by atoms with Gasteiger partial charge in [0.1, 0.15) is 4.88 Å². The normalized spacial score (nSPS) is 12.5. The van der Waals surface area contributed by atoms with E-state index in [1.165, 1.54) is 18.7 Å². The number of thiophene rings is 1. The molecule has 1 heterocycles. The number of carboxylic acids is 1. The monoisotopic (exact) mass is 424 g/mol. The van der Waals surface area contributed by atoms with Gasteiger partial charge >= 0.3 is 11.9 Å². The van der Waals surface area contributed by atoms with Crippen molar-refractivity contribution in [3.63, 3.8) is 0 Å². The SMILES string of the molecule is COC(=O)c1sc(S(=O)(=O)N[C@H](CCSC)C(=O)[O-])c(C(=O)OC)c1C. The predicted octanol–water partition coefficient (Wildman–Crippen LogP) is -0.220. The Morgan fingerprint density at radius 3 is 2.27 bits per heavy atom. The smallest absolute Gasteiger partial charge is 0.348 e. The zero-order valence-electron chi connectivity index (χ0n) is 14.5. The number of carbonyl (C=O) groups is 3. The van der Waals surface area contributed by atoms with Crippen molar-refractivity contribution in [3.8, 4) is 0 Å². The molecule has 0 aliphatic heterocycles. The third-order valence-corrected chi connectivity index (χ3v) is 7.22. The summed E-state index contributed by atoms with van der Waals surface area (Å²) in [4.78, 5) is 35.0. The van der Waals surface area contributed by atoms with Crippen LogP contribution in [0, 0.1) is 6.92 Å². The van der Waals surface area contributed by atoms with E-state index in [0.29, 0.717) is 17.1 Å².